The predicted molar refractivity (Wildman–Crippen MR) is 66.4 cm³/mol. The summed E-state index contributed by atoms with van der Waals surface area (Å²) in [6.45, 7) is 0. The van der Waals surface area contributed by atoms with Crippen molar-refractivity contribution < 1.29 is 17.6 Å². The summed E-state index contributed by atoms with van der Waals surface area (Å²) in [5.74, 6) is -4.05. The highest BCUT2D eigenvalue weighted by Crippen LogP contribution is 2.29. The first-order chi connectivity index (χ1) is 8.90. The van der Waals surface area contributed by atoms with Gasteiger partial charge in [0.25, 0.3) is 0 Å². The molecule has 0 saturated heterocycles. The van der Waals surface area contributed by atoms with Crippen molar-refractivity contribution in [3.8, 4) is 0 Å². The van der Waals surface area contributed by atoms with Crippen LogP contribution in [-0.2, 0) is 0 Å². The number of hydrogen-bond acceptors (Lipinski definition) is 1. The third-order valence-corrected chi connectivity index (χ3v) is 3.14. The van der Waals surface area contributed by atoms with Gasteiger partial charge in [0.05, 0.1) is 6.04 Å². The summed E-state index contributed by atoms with van der Waals surface area (Å²) >= 11 is 3.12. The van der Waals surface area contributed by atoms with Crippen molar-refractivity contribution in [3.05, 3.63) is 69.2 Å². The first kappa shape index (κ1) is 14.0. The molecule has 2 aromatic carbocycles. The van der Waals surface area contributed by atoms with Crippen LogP contribution in [0, 0.1) is 23.3 Å². The fourth-order valence-corrected chi connectivity index (χ4v) is 2.14. The van der Waals surface area contributed by atoms with Gasteiger partial charge in [0.2, 0.25) is 0 Å². The molecule has 0 spiro atoms. The molecule has 0 bridgehead atoms. The molecule has 0 amide bonds. The summed E-state index contributed by atoms with van der Waals surface area (Å²) in [4.78, 5) is 0. The van der Waals surface area contributed by atoms with Gasteiger partial charge in [0, 0.05) is 27.7 Å². The van der Waals surface area contributed by atoms with Gasteiger partial charge in [-0.15, -0.1) is 0 Å². The maximum Gasteiger partial charge on any atom is 0.134 e. The van der Waals surface area contributed by atoms with E-state index in [1.165, 1.54) is 12.1 Å². The summed E-state index contributed by atoms with van der Waals surface area (Å²) in [6, 6.07) is 3.53. The molecule has 6 heteroatoms. The molecule has 1 nitrogen and oxygen atoms in total. The minimum Gasteiger partial charge on any atom is -0.320 e. The highest BCUT2D eigenvalue weighted by Gasteiger charge is 2.22. The van der Waals surface area contributed by atoms with E-state index in [2.05, 4.69) is 15.9 Å². The van der Waals surface area contributed by atoms with Crippen molar-refractivity contribution in [1.29, 1.82) is 0 Å². The number of benzene rings is 2. The zero-order valence-corrected chi connectivity index (χ0v) is 11.0. The Balaban J connectivity index is 2.56. The van der Waals surface area contributed by atoms with Gasteiger partial charge < -0.3 is 5.73 Å². The van der Waals surface area contributed by atoms with E-state index in [0.717, 1.165) is 6.07 Å². The van der Waals surface area contributed by atoms with Gasteiger partial charge in [0.15, 0.2) is 0 Å². The van der Waals surface area contributed by atoms with Crippen LogP contribution < -0.4 is 5.73 Å². The Kier molecular flexibility index (Phi) is 3.91. The van der Waals surface area contributed by atoms with Crippen molar-refractivity contribution in [2.45, 2.75) is 6.04 Å². The molecular weight excluding hydrogens is 326 g/mol. The molecule has 2 rings (SSSR count). The zero-order chi connectivity index (χ0) is 14.2. The Bertz CT molecular complexity index is 607. The fourth-order valence-electron chi connectivity index (χ4n) is 1.76. The molecule has 0 saturated carbocycles. The maximum absolute atomic E-state index is 13.6. The first-order valence-corrected chi connectivity index (χ1v) is 6.04. The Morgan fingerprint density at radius 1 is 0.895 bits per heavy atom. The van der Waals surface area contributed by atoms with E-state index >= 15 is 0 Å². The molecule has 0 heterocycles. The van der Waals surface area contributed by atoms with Crippen molar-refractivity contribution in [3.63, 3.8) is 0 Å². The van der Waals surface area contributed by atoms with E-state index in [-0.39, 0.29) is 5.56 Å². The molecule has 0 aliphatic rings. The molecule has 0 aliphatic carbocycles. The molecule has 2 aromatic rings. The summed E-state index contributed by atoms with van der Waals surface area (Å²) in [6.07, 6.45) is 0. The van der Waals surface area contributed by atoms with Crippen LogP contribution in [0.15, 0.2) is 34.8 Å². The van der Waals surface area contributed by atoms with Crippen LogP contribution in [0.3, 0.4) is 0 Å². The molecule has 1 atom stereocenters. The molecular formula is C13H8BrF4N. The van der Waals surface area contributed by atoms with Gasteiger partial charge >= 0.3 is 0 Å². The van der Waals surface area contributed by atoms with Crippen molar-refractivity contribution in [1.82, 2.24) is 0 Å². The van der Waals surface area contributed by atoms with Crippen LogP contribution in [0.5, 0.6) is 0 Å². The Morgan fingerprint density at radius 3 is 2.05 bits per heavy atom. The smallest absolute Gasteiger partial charge is 0.134 e. The highest BCUT2D eigenvalue weighted by atomic mass is 79.9. The van der Waals surface area contributed by atoms with Crippen LogP contribution in [-0.4, -0.2) is 0 Å². The fraction of sp³-hybridized carbons (Fsp3) is 0.0769. The number of rotatable bonds is 2. The van der Waals surface area contributed by atoms with Gasteiger partial charge in [0.1, 0.15) is 23.3 Å². The SMILES string of the molecule is NC(c1cc(Br)ccc1F)c1c(F)cc(F)cc1F. The molecule has 0 aromatic heterocycles. The molecule has 1 unspecified atom stereocenters. The average molecular weight is 334 g/mol. The van der Waals surface area contributed by atoms with Crippen molar-refractivity contribution in [2.24, 2.45) is 5.73 Å². The van der Waals surface area contributed by atoms with Crippen LogP contribution >= 0.6 is 15.9 Å². The van der Waals surface area contributed by atoms with Crippen LogP contribution in [0.1, 0.15) is 17.2 Å². The van der Waals surface area contributed by atoms with Gasteiger partial charge in [-0.2, -0.15) is 0 Å². The third kappa shape index (κ3) is 2.79. The minimum atomic E-state index is -1.36. The molecule has 0 fully saturated rings. The summed E-state index contributed by atoms with van der Waals surface area (Å²) in [5.41, 5.74) is 5.02. The van der Waals surface area contributed by atoms with Crippen LogP contribution in [0.2, 0.25) is 0 Å². The molecule has 19 heavy (non-hydrogen) atoms. The summed E-state index contributed by atoms with van der Waals surface area (Å²) < 4.78 is 54.1. The highest BCUT2D eigenvalue weighted by molar-refractivity contribution is 9.10. The zero-order valence-electron chi connectivity index (χ0n) is 9.43. The average Bonchev–Trinajstić information content (AvgIpc) is 2.30. The van der Waals surface area contributed by atoms with E-state index in [9.17, 15) is 17.6 Å². The summed E-state index contributed by atoms with van der Waals surface area (Å²) in [7, 11) is 0. The first-order valence-electron chi connectivity index (χ1n) is 5.25. The minimum absolute atomic E-state index is 0.0845. The Labute approximate surface area is 115 Å². The lowest BCUT2D eigenvalue weighted by Gasteiger charge is -2.15. The number of nitrogens with two attached hydrogens (primary N) is 1. The van der Waals surface area contributed by atoms with Gasteiger partial charge in [-0.05, 0) is 18.2 Å². The summed E-state index contributed by atoms with van der Waals surface area (Å²) in [5, 5.41) is 0. The standard InChI is InChI=1S/C13H8BrF4N/c14-6-1-2-9(16)8(3-6)13(19)12-10(17)4-7(15)5-11(12)18/h1-5,13H,19H2. The molecule has 0 aliphatic heterocycles. The van der Waals surface area contributed by atoms with E-state index in [0.29, 0.717) is 16.6 Å². The Hall–Kier alpha value is -1.40. The second-order valence-electron chi connectivity index (χ2n) is 3.93. The largest absolute Gasteiger partial charge is 0.320 e. The molecule has 0 radical (unpaired) electrons. The number of halogens is 5. The molecule has 2 N–H and O–H groups in total. The normalized spacial score (nSPS) is 12.5. The van der Waals surface area contributed by atoms with Crippen LogP contribution in [0.25, 0.3) is 0 Å². The maximum atomic E-state index is 13.6. The lowest BCUT2D eigenvalue weighted by Crippen LogP contribution is -2.17. The number of hydrogen-bond donors (Lipinski definition) is 1. The van der Waals surface area contributed by atoms with Crippen molar-refractivity contribution in [2.75, 3.05) is 0 Å². The van der Waals surface area contributed by atoms with Gasteiger partial charge in [-0.1, -0.05) is 15.9 Å². The topological polar surface area (TPSA) is 26.0 Å². The lowest BCUT2D eigenvalue weighted by molar-refractivity contribution is 0.509. The van der Waals surface area contributed by atoms with E-state index in [4.69, 9.17) is 5.73 Å². The quantitative estimate of drug-likeness (QED) is 0.824. The van der Waals surface area contributed by atoms with Gasteiger partial charge in [-0.25, -0.2) is 17.6 Å². The van der Waals surface area contributed by atoms with E-state index in [1.54, 1.807) is 0 Å². The predicted octanol–water partition coefficient (Wildman–Crippen LogP) is 4.05. The van der Waals surface area contributed by atoms with E-state index < -0.39 is 34.9 Å². The van der Waals surface area contributed by atoms with E-state index in [1.807, 2.05) is 0 Å². The second kappa shape index (κ2) is 5.30. The van der Waals surface area contributed by atoms with Crippen LogP contribution in [0.4, 0.5) is 17.6 Å². The second-order valence-corrected chi connectivity index (χ2v) is 4.84. The monoisotopic (exact) mass is 333 g/mol. The lowest BCUT2D eigenvalue weighted by atomic mass is 9.98. The molecule has 100 valence electrons. The van der Waals surface area contributed by atoms with Crippen molar-refractivity contribution >= 4 is 15.9 Å². The third-order valence-electron chi connectivity index (χ3n) is 2.65. The van der Waals surface area contributed by atoms with Gasteiger partial charge in [-0.3, -0.25) is 0 Å². The Morgan fingerprint density at radius 2 is 1.47 bits per heavy atom.